The molecule has 0 spiro atoms. The minimum absolute atomic E-state index is 0.272. The Morgan fingerprint density at radius 1 is 1.35 bits per heavy atom. The highest BCUT2D eigenvalue weighted by Crippen LogP contribution is 2.30. The minimum Gasteiger partial charge on any atom is -0.478 e. The molecule has 0 aromatic heterocycles. The van der Waals surface area contributed by atoms with Crippen LogP contribution in [0.5, 0.6) is 0 Å². The smallest absolute Gasteiger partial charge is 0.334 e. The zero-order valence-corrected chi connectivity index (χ0v) is 13.3. The number of hydrogen-bond donors (Lipinski definition) is 1. The van der Waals surface area contributed by atoms with Gasteiger partial charge >= 0.3 is 5.97 Å². The highest BCUT2D eigenvalue weighted by molar-refractivity contribution is 6.31. The zero-order valence-electron chi connectivity index (χ0n) is 12.6. The van der Waals surface area contributed by atoms with Gasteiger partial charge in [-0.2, -0.15) is 0 Å². The fourth-order valence-electron chi connectivity index (χ4n) is 2.73. The summed E-state index contributed by atoms with van der Waals surface area (Å²) in [7, 11) is 0. The Hall–Kier alpha value is -2.11. The minimum atomic E-state index is -0.963. The van der Waals surface area contributed by atoms with E-state index >= 15 is 0 Å². The molecule has 1 saturated heterocycles. The van der Waals surface area contributed by atoms with Gasteiger partial charge in [-0.3, -0.25) is 0 Å². The summed E-state index contributed by atoms with van der Waals surface area (Å²) in [5, 5.41) is 10.1. The molecule has 23 heavy (non-hydrogen) atoms. The first-order valence-electron chi connectivity index (χ1n) is 7.38. The molecule has 6 heteroatoms. The summed E-state index contributed by atoms with van der Waals surface area (Å²) in [6.45, 7) is 6.66. The quantitative estimate of drug-likeness (QED) is 0.921. The molecule has 2 aliphatic heterocycles. The first kappa shape index (κ1) is 15.8. The van der Waals surface area contributed by atoms with Crippen molar-refractivity contribution in [1.82, 2.24) is 4.90 Å². The number of rotatable bonds is 4. The summed E-state index contributed by atoms with van der Waals surface area (Å²) >= 11 is 6.02. The lowest BCUT2D eigenvalue weighted by atomic mass is 10.0. The maximum atomic E-state index is 11.6. The van der Waals surface area contributed by atoms with E-state index in [1.165, 1.54) is 0 Å². The monoisotopic (exact) mass is 332 g/mol. The Labute approximate surface area is 139 Å². The summed E-state index contributed by atoms with van der Waals surface area (Å²) < 4.78 is 5.32. The number of aliphatic imine (C=N–C) groups is 1. The van der Waals surface area contributed by atoms with Crippen LogP contribution >= 0.6 is 11.6 Å². The van der Waals surface area contributed by atoms with Crippen molar-refractivity contribution in [1.29, 1.82) is 0 Å². The molecule has 0 amide bonds. The van der Waals surface area contributed by atoms with Gasteiger partial charge in [0, 0.05) is 24.5 Å². The van der Waals surface area contributed by atoms with Crippen LogP contribution in [-0.2, 0) is 9.53 Å². The number of morpholine rings is 1. The molecule has 1 aromatic carbocycles. The maximum Gasteiger partial charge on any atom is 0.334 e. The molecule has 0 atom stereocenters. The Morgan fingerprint density at radius 2 is 2.09 bits per heavy atom. The molecular formula is C17H17ClN2O3. The predicted octanol–water partition coefficient (Wildman–Crippen LogP) is 2.72. The van der Waals surface area contributed by atoms with Crippen molar-refractivity contribution in [2.45, 2.75) is 6.42 Å². The Kier molecular flexibility index (Phi) is 4.50. The van der Waals surface area contributed by atoms with Gasteiger partial charge in [0.2, 0.25) is 0 Å². The molecule has 0 unspecified atom stereocenters. The Balaban J connectivity index is 1.91. The standard InChI is InChI=1S/C17H17ClN2O3/c1-11(20-5-7-23-8-6-20)16-14(17(21)22)10-15(19-16)12-3-2-4-13(18)9-12/h2-4,9H,1,5-8,10H2,(H,21,22). The summed E-state index contributed by atoms with van der Waals surface area (Å²) in [5.41, 5.74) is 2.91. The summed E-state index contributed by atoms with van der Waals surface area (Å²) in [6, 6.07) is 7.28. The number of aliphatic carboxylic acids is 1. The molecule has 0 saturated carbocycles. The third-order valence-corrected chi connectivity index (χ3v) is 4.19. The third-order valence-electron chi connectivity index (χ3n) is 3.96. The van der Waals surface area contributed by atoms with Crippen LogP contribution in [0.15, 0.2) is 52.8 Å². The fourth-order valence-corrected chi connectivity index (χ4v) is 2.92. The first-order chi connectivity index (χ1) is 11.1. The maximum absolute atomic E-state index is 11.6. The van der Waals surface area contributed by atoms with Gasteiger partial charge in [0.25, 0.3) is 0 Å². The van der Waals surface area contributed by atoms with E-state index in [1.54, 1.807) is 12.1 Å². The van der Waals surface area contributed by atoms with E-state index in [4.69, 9.17) is 16.3 Å². The molecule has 0 bridgehead atoms. The molecule has 0 radical (unpaired) electrons. The molecule has 1 aromatic rings. The summed E-state index contributed by atoms with van der Waals surface area (Å²) in [4.78, 5) is 18.2. The SMILES string of the molecule is C=C(C1=C(C(=O)O)CC(c2cccc(Cl)c2)=N1)N1CCOCC1. The number of nitrogens with zero attached hydrogens (tertiary/aromatic N) is 2. The van der Waals surface area contributed by atoms with E-state index in [2.05, 4.69) is 11.6 Å². The lowest BCUT2D eigenvalue weighted by Crippen LogP contribution is -2.35. The second-order valence-corrected chi connectivity index (χ2v) is 5.86. The first-order valence-corrected chi connectivity index (χ1v) is 7.76. The lowest BCUT2D eigenvalue weighted by molar-refractivity contribution is -0.132. The van der Waals surface area contributed by atoms with Gasteiger partial charge in [-0.15, -0.1) is 0 Å². The van der Waals surface area contributed by atoms with Crippen molar-refractivity contribution in [3.8, 4) is 0 Å². The topological polar surface area (TPSA) is 62.1 Å². The number of hydrogen-bond acceptors (Lipinski definition) is 4. The van der Waals surface area contributed by atoms with Gasteiger partial charge in [0.15, 0.2) is 0 Å². The van der Waals surface area contributed by atoms with Crippen LogP contribution in [-0.4, -0.2) is 48.0 Å². The van der Waals surface area contributed by atoms with E-state index in [0.717, 1.165) is 5.56 Å². The van der Waals surface area contributed by atoms with E-state index < -0.39 is 5.97 Å². The molecule has 3 rings (SSSR count). The van der Waals surface area contributed by atoms with E-state index in [-0.39, 0.29) is 12.0 Å². The molecule has 5 nitrogen and oxygen atoms in total. The van der Waals surface area contributed by atoms with Crippen molar-refractivity contribution >= 4 is 23.3 Å². The Bertz CT molecular complexity index is 718. The number of benzene rings is 1. The molecule has 2 heterocycles. The van der Waals surface area contributed by atoms with Crippen LogP contribution in [0, 0.1) is 0 Å². The second-order valence-electron chi connectivity index (χ2n) is 5.42. The molecular weight excluding hydrogens is 316 g/mol. The summed E-state index contributed by atoms with van der Waals surface area (Å²) in [6.07, 6.45) is 0.272. The second kappa shape index (κ2) is 6.56. The zero-order chi connectivity index (χ0) is 16.4. The third kappa shape index (κ3) is 3.30. The van der Waals surface area contributed by atoms with Gasteiger partial charge in [0.1, 0.15) is 0 Å². The lowest BCUT2D eigenvalue weighted by Gasteiger charge is -2.30. The predicted molar refractivity (Wildman–Crippen MR) is 88.8 cm³/mol. The van der Waals surface area contributed by atoms with Crippen LogP contribution < -0.4 is 0 Å². The van der Waals surface area contributed by atoms with Crippen LogP contribution in [0.3, 0.4) is 0 Å². The van der Waals surface area contributed by atoms with Gasteiger partial charge in [-0.25, -0.2) is 9.79 Å². The number of carboxylic acids is 1. The number of halogens is 1. The van der Waals surface area contributed by atoms with Gasteiger partial charge < -0.3 is 14.7 Å². The highest BCUT2D eigenvalue weighted by Gasteiger charge is 2.28. The van der Waals surface area contributed by atoms with Crippen molar-refractivity contribution < 1.29 is 14.6 Å². The molecule has 0 aliphatic carbocycles. The molecule has 120 valence electrons. The van der Waals surface area contributed by atoms with Gasteiger partial charge in [-0.1, -0.05) is 30.3 Å². The number of ether oxygens (including phenoxy) is 1. The van der Waals surface area contributed by atoms with Crippen LogP contribution in [0.25, 0.3) is 0 Å². The molecule has 1 N–H and O–H groups in total. The van der Waals surface area contributed by atoms with Gasteiger partial charge in [-0.05, 0) is 17.7 Å². The fraction of sp³-hybridized carbons (Fsp3) is 0.294. The summed E-state index contributed by atoms with van der Waals surface area (Å²) in [5.74, 6) is -0.963. The van der Waals surface area contributed by atoms with E-state index in [1.807, 2.05) is 17.0 Å². The largest absolute Gasteiger partial charge is 0.478 e. The average molecular weight is 333 g/mol. The Morgan fingerprint density at radius 3 is 2.74 bits per heavy atom. The average Bonchev–Trinajstić information content (AvgIpc) is 3.00. The van der Waals surface area contributed by atoms with Crippen LogP contribution in [0.1, 0.15) is 12.0 Å². The number of carbonyl (C=O) groups is 1. The van der Waals surface area contributed by atoms with Crippen LogP contribution in [0.4, 0.5) is 0 Å². The van der Waals surface area contributed by atoms with E-state index in [9.17, 15) is 9.90 Å². The van der Waals surface area contributed by atoms with Crippen molar-refractivity contribution in [2.75, 3.05) is 26.3 Å². The van der Waals surface area contributed by atoms with Gasteiger partial charge in [0.05, 0.1) is 35.9 Å². The number of carboxylic acid groups (broad SMARTS) is 1. The van der Waals surface area contributed by atoms with Crippen molar-refractivity contribution in [2.24, 2.45) is 4.99 Å². The molecule has 2 aliphatic rings. The normalized spacial score (nSPS) is 18.1. The van der Waals surface area contributed by atoms with E-state index in [0.29, 0.717) is 48.4 Å². The molecule has 1 fully saturated rings. The van der Waals surface area contributed by atoms with Crippen molar-refractivity contribution in [3.63, 3.8) is 0 Å². The highest BCUT2D eigenvalue weighted by atomic mass is 35.5. The van der Waals surface area contributed by atoms with Crippen molar-refractivity contribution in [3.05, 3.63) is 58.4 Å². The van der Waals surface area contributed by atoms with Crippen LogP contribution in [0.2, 0.25) is 5.02 Å².